The Morgan fingerprint density at radius 2 is 2.07 bits per heavy atom. The molecule has 220 valence electrons. The number of halogens is 2. The number of nitrogens with zero attached hydrogens (tertiary/aromatic N) is 2. The summed E-state index contributed by atoms with van der Waals surface area (Å²) in [6, 6.07) is 9.12. The number of likely N-dealkylation sites (tertiary alicyclic amines) is 1. The van der Waals surface area contributed by atoms with Gasteiger partial charge in [0.2, 0.25) is 5.91 Å². The van der Waals surface area contributed by atoms with E-state index in [1.807, 2.05) is 13.8 Å². The number of rotatable bonds is 10. The number of aryl methyl sites for hydroxylation is 1. The molecule has 2 N–H and O–H groups in total. The molecule has 12 heteroatoms. The number of aromatic nitrogens is 1. The van der Waals surface area contributed by atoms with E-state index >= 15 is 4.39 Å². The van der Waals surface area contributed by atoms with Crippen molar-refractivity contribution in [3.05, 3.63) is 80.7 Å². The maximum Gasteiger partial charge on any atom is 0.303 e. The van der Waals surface area contributed by atoms with Crippen LogP contribution in [0.3, 0.4) is 0 Å². The van der Waals surface area contributed by atoms with Crippen molar-refractivity contribution in [3.8, 4) is 0 Å². The van der Waals surface area contributed by atoms with E-state index in [-0.39, 0.29) is 58.8 Å². The third-order valence-corrected chi connectivity index (χ3v) is 8.41. The monoisotopic (exact) mass is 613 g/mol. The van der Waals surface area contributed by atoms with Gasteiger partial charge in [-0.3, -0.25) is 14.4 Å². The maximum absolute atomic E-state index is 15.3. The van der Waals surface area contributed by atoms with Gasteiger partial charge in [-0.1, -0.05) is 29.8 Å². The molecule has 1 fully saturated rings. The summed E-state index contributed by atoms with van der Waals surface area (Å²) in [5.41, 5.74) is 0.990. The summed E-state index contributed by atoms with van der Waals surface area (Å²) in [4.78, 5) is 44.3. The number of nitrogens with one attached hydrogen (secondary N) is 1. The molecule has 2 aromatic heterocycles. The molecular weight excluding hydrogens is 585 g/mol. The van der Waals surface area contributed by atoms with Crippen LogP contribution in [0.15, 0.2) is 53.3 Å². The lowest BCUT2D eigenvalue weighted by Crippen LogP contribution is -2.33. The average Bonchev–Trinajstić information content (AvgIpc) is 3.68. The van der Waals surface area contributed by atoms with E-state index in [1.165, 1.54) is 23.7 Å². The van der Waals surface area contributed by atoms with Crippen LogP contribution in [0.2, 0.25) is 5.02 Å². The molecule has 0 aliphatic carbocycles. The first kappa shape index (κ1) is 29.7. The third kappa shape index (κ3) is 6.64. The smallest absolute Gasteiger partial charge is 0.303 e. The number of carboxylic acids is 1. The van der Waals surface area contributed by atoms with Gasteiger partial charge in [-0.2, -0.15) is 0 Å². The fourth-order valence-electron chi connectivity index (χ4n) is 5.04. The van der Waals surface area contributed by atoms with Crippen LogP contribution < -0.4 is 5.32 Å². The highest BCUT2D eigenvalue weighted by Gasteiger charge is 2.39. The molecule has 1 saturated heterocycles. The number of anilines is 1. The Balaban J connectivity index is 1.32. The summed E-state index contributed by atoms with van der Waals surface area (Å²) in [6.45, 7) is 4.15. The average molecular weight is 614 g/mol. The van der Waals surface area contributed by atoms with E-state index in [2.05, 4.69) is 10.3 Å². The fourth-order valence-corrected chi connectivity index (χ4v) is 6.32. The first-order valence-electron chi connectivity index (χ1n) is 13.5. The first-order chi connectivity index (χ1) is 20.1. The second-order valence-corrected chi connectivity index (χ2v) is 11.9. The van der Waals surface area contributed by atoms with Crippen molar-refractivity contribution in [1.82, 2.24) is 9.88 Å². The molecule has 42 heavy (non-hydrogen) atoms. The van der Waals surface area contributed by atoms with E-state index in [0.29, 0.717) is 35.4 Å². The zero-order valence-electron chi connectivity index (χ0n) is 22.9. The van der Waals surface area contributed by atoms with Crippen molar-refractivity contribution in [2.75, 3.05) is 11.9 Å². The van der Waals surface area contributed by atoms with Gasteiger partial charge in [-0.05, 0) is 44.0 Å². The van der Waals surface area contributed by atoms with Gasteiger partial charge in [-0.15, -0.1) is 11.3 Å². The standard InChI is InChI=1S/C30H29ClFN3O6S/c1-16(2)41-18-11-25(30-33-13-19(42-30)7-8-28(37)38)35(14-18)27(36)10-17-9-22(31)24(12-23(17)32)34-29(39)21-15-40-26-6-4-3-5-20(21)26/h3-6,9,12-13,15-16,18,25H,7-8,10-11,14H2,1-2H3,(H,34,39)(H,37,38)/t18-,25-/m0/s1. The summed E-state index contributed by atoms with van der Waals surface area (Å²) in [5.74, 6) is -2.41. The van der Waals surface area contributed by atoms with E-state index in [9.17, 15) is 14.4 Å². The van der Waals surface area contributed by atoms with Crippen LogP contribution in [-0.2, 0) is 27.2 Å². The molecule has 1 aliphatic rings. The lowest BCUT2D eigenvalue weighted by molar-refractivity contribution is -0.137. The maximum atomic E-state index is 15.3. The normalized spacial score (nSPS) is 16.8. The predicted octanol–water partition coefficient (Wildman–Crippen LogP) is 6.26. The third-order valence-electron chi connectivity index (χ3n) is 6.94. The zero-order valence-corrected chi connectivity index (χ0v) is 24.5. The second-order valence-electron chi connectivity index (χ2n) is 10.4. The summed E-state index contributed by atoms with van der Waals surface area (Å²) < 4.78 is 26.7. The number of amides is 2. The van der Waals surface area contributed by atoms with Crippen LogP contribution in [-0.4, -0.2) is 51.5 Å². The van der Waals surface area contributed by atoms with Crippen LogP contribution in [0.5, 0.6) is 0 Å². The summed E-state index contributed by atoms with van der Waals surface area (Å²) >= 11 is 7.80. The van der Waals surface area contributed by atoms with E-state index < -0.39 is 17.7 Å². The van der Waals surface area contributed by atoms with Crippen molar-refractivity contribution < 1.29 is 33.0 Å². The molecule has 2 aromatic carbocycles. The van der Waals surface area contributed by atoms with Gasteiger partial charge in [0.25, 0.3) is 5.91 Å². The van der Waals surface area contributed by atoms with Gasteiger partial charge in [0.1, 0.15) is 22.7 Å². The Morgan fingerprint density at radius 3 is 2.83 bits per heavy atom. The molecule has 5 rings (SSSR count). The minimum absolute atomic E-state index is 0.0107. The molecule has 2 atom stereocenters. The molecule has 2 amide bonds. The number of furan rings is 1. The van der Waals surface area contributed by atoms with Crippen molar-refractivity contribution in [2.24, 2.45) is 0 Å². The van der Waals surface area contributed by atoms with Gasteiger partial charge in [0.15, 0.2) is 0 Å². The number of para-hydroxylation sites is 1. The van der Waals surface area contributed by atoms with Crippen LogP contribution in [0, 0.1) is 5.82 Å². The number of hydrogen-bond donors (Lipinski definition) is 2. The van der Waals surface area contributed by atoms with Gasteiger partial charge in [0, 0.05) is 29.4 Å². The largest absolute Gasteiger partial charge is 0.481 e. The highest BCUT2D eigenvalue weighted by molar-refractivity contribution is 7.11. The number of benzene rings is 2. The number of carbonyl (C=O) groups excluding carboxylic acids is 2. The van der Waals surface area contributed by atoms with Gasteiger partial charge < -0.3 is 24.5 Å². The Morgan fingerprint density at radius 1 is 1.29 bits per heavy atom. The lowest BCUT2D eigenvalue weighted by atomic mass is 10.1. The molecule has 0 unspecified atom stereocenters. The molecule has 0 bridgehead atoms. The highest BCUT2D eigenvalue weighted by atomic mass is 35.5. The molecule has 9 nitrogen and oxygen atoms in total. The van der Waals surface area contributed by atoms with Gasteiger partial charge >= 0.3 is 5.97 Å². The molecule has 4 aromatic rings. The second kappa shape index (κ2) is 12.6. The van der Waals surface area contributed by atoms with Gasteiger partial charge in [0.05, 0.1) is 47.4 Å². The number of hydrogen-bond acceptors (Lipinski definition) is 7. The SMILES string of the molecule is CC(C)O[C@H]1C[C@@H](c2ncc(CCC(=O)O)s2)N(C(=O)Cc2cc(Cl)c(NC(=O)c3coc4ccccc34)cc2F)C1. The van der Waals surface area contributed by atoms with Gasteiger partial charge in [-0.25, -0.2) is 9.37 Å². The molecule has 0 saturated carbocycles. The Hall–Kier alpha value is -3.80. The predicted molar refractivity (Wildman–Crippen MR) is 156 cm³/mol. The number of fused-ring (bicyclic) bond motifs is 1. The summed E-state index contributed by atoms with van der Waals surface area (Å²) in [7, 11) is 0. The summed E-state index contributed by atoms with van der Waals surface area (Å²) in [5, 5.41) is 13.0. The van der Waals surface area contributed by atoms with E-state index in [0.717, 1.165) is 10.9 Å². The van der Waals surface area contributed by atoms with Crippen molar-refractivity contribution in [2.45, 2.75) is 57.8 Å². The Labute approximate surface area is 250 Å². The molecular formula is C30H29ClFN3O6S. The van der Waals surface area contributed by atoms with E-state index in [1.54, 1.807) is 35.4 Å². The first-order valence-corrected chi connectivity index (χ1v) is 14.6. The minimum Gasteiger partial charge on any atom is -0.481 e. The van der Waals surface area contributed by atoms with E-state index in [4.69, 9.17) is 25.9 Å². The van der Waals surface area contributed by atoms with Crippen molar-refractivity contribution >= 4 is 57.4 Å². The van der Waals surface area contributed by atoms with Crippen molar-refractivity contribution in [1.29, 1.82) is 0 Å². The molecule has 1 aliphatic heterocycles. The number of thiazole rings is 1. The van der Waals surface area contributed by atoms with Crippen LogP contribution in [0.25, 0.3) is 11.0 Å². The number of carbonyl (C=O) groups is 3. The molecule has 0 spiro atoms. The quantitative estimate of drug-likeness (QED) is 0.216. The highest BCUT2D eigenvalue weighted by Crippen LogP contribution is 2.37. The van der Waals surface area contributed by atoms with Crippen LogP contribution in [0.1, 0.15) is 58.5 Å². The van der Waals surface area contributed by atoms with Crippen LogP contribution >= 0.6 is 22.9 Å². The number of carboxylic acid groups (broad SMARTS) is 1. The minimum atomic E-state index is -0.894. The topological polar surface area (TPSA) is 122 Å². The number of ether oxygens (including phenoxy) is 1. The molecule has 0 radical (unpaired) electrons. The van der Waals surface area contributed by atoms with Crippen molar-refractivity contribution in [3.63, 3.8) is 0 Å². The molecule has 3 heterocycles. The lowest BCUT2D eigenvalue weighted by Gasteiger charge is -2.23. The summed E-state index contributed by atoms with van der Waals surface area (Å²) in [6.07, 6.45) is 3.30. The fraction of sp³-hybridized carbons (Fsp3) is 0.333. The Kier molecular flexibility index (Phi) is 8.91. The zero-order chi connectivity index (χ0) is 30.0. The van der Waals surface area contributed by atoms with Crippen LogP contribution in [0.4, 0.5) is 10.1 Å². The number of aliphatic carboxylic acids is 1. The Bertz CT molecular complexity index is 1640.